The van der Waals surface area contributed by atoms with Gasteiger partial charge in [0.1, 0.15) is 4.90 Å². The molecule has 0 aliphatic carbocycles. The van der Waals surface area contributed by atoms with Gasteiger partial charge in [-0.2, -0.15) is 5.10 Å². The van der Waals surface area contributed by atoms with E-state index in [1.54, 1.807) is 19.1 Å². The largest absolute Gasteiger partial charge is 0.281 e. The van der Waals surface area contributed by atoms with E-state index in [1.165, 1.54) is 6.20 Å². The number of nitrogens with one attached hydrogen (secondary N) is 2. The number of aromatic amines is 1. The van der Waals surface area contributed by atoms with E-state index in [-0.39, 0.29) is 16.9 Å². The lowest BCUT2D eigenvalue weighted by Crippen LogP contribution is -2.32. The number of rotatable bonds is 5. The molecule has 2 rings (SSSR count). The van der Waals surface area contributed by atoms with E-state index in [0.29, 0.717) is 10.7 Å². The van der Waals surface area contributed by atoms with Crippen LogP contribution in [-0.4, -0.2) is 18.6 Å². The summed E-state index contributed by atoms with van der Waals surface area (Å²) in [6, 6.07) is 6.84. The van der Waals surface area contributed by atoms with Gasteiger partial charge in [-0.25, -0.2) is 13.1 Å². The molecular formula is C14H18ClN3O2S. The average Bonchev–Trinajstić information content (AvgIpc) is 2.84. The third-order valence-electron chi connectivity index (χ3n) is 3.25. The monoisotopic (exact) mass is 327 g/mol. The zero-order valence-corrected chi connectivity index (χ0v) is 13.7. The van der Waals surface area contributed by atoms with Crippen LogP contribution in [0.15, 0.2) is 35.4 Å². The molecule has 0 saturated heterocycles. The van der Waals surface area contributed by atoms with Gasteiger partial charge in [0.05, 0.1) is 11.9 Å². The Bertz CT molecular complexity index is 708. The highest BCUT2D eigenvalue weighted by Gasteiger charge is 2.26. The van der Waals surface area contributed by atoms with Gasteiger partial charge in [-0.1, -0.05) is 37.6 Å². The second-order valence-corrected chi connectivity index (χ2v) is 7.37. The van der Waals surface area contributed by atoms with Crippen LogP contribution in [0.25, 0.3) is 0 Å². The van der Waals surface area contributed by atoms with Crippen molar-refractivity contribution in [2.24, 2.45) is 5.92 Å². The first-order valence-electron chi connectivity index (χ1n) is 6.59. The minimum Gasteiger partial charge on any atom is -0.281 e. The maximum Gasteiger partial charge on any atom is 0.244 e. The highest BCUT2D eigenvalue weighted by Crippen LogP contribution is 2.26. The van der Waals surface area contributed by atoms with Crippen molar-refractivity contribution in [2.45, 2.75) is 31.7 Å². The molecule has 0 spiro atoms. The van der Waals surface area contributed by atoms with E-state index in [1.807, 2.05) is 26.0 Å². The van der Waals surface area contributed by atoms with Gasteiger partial charge in [0.2, 0.25) is 10.0 Å². The first-order valence-corrected chi connectivity index (χ1v) is 8.45. The molecule has 0 amide bonds. The Morgan fingerprint density at radius 3 is 2.33 bits per heavy atom. The van der Waals surface area contributed by atoms with Crippen LogP contribution < -0.4 is 4.72 Å². The van der Waals surface area contributed by atoms with Crippen molar-refractivity contribution in [3.05, 3.63) is 46.7 Å². The van der Waals surface area contributed by atoms with E-state index < -0.39 is 10.0 Å². The topological polar surface area (TPSA) is 74.8 Å². The minimum absolute atomic E-state index is 0.0909. The molecule has 1 atom stereocenters. The number of hydrogen-bond acceptors (Lipinski definition) is 3. The molecule has 7 heteroatoms. The number of aryl methyl sites for hydroxylation is 1. The molecule has 114 valence electrons. The second-order valence-electron chi connectivity index (χ2n) is 5.25. The van der Waals surface area contributed by atoms with E-state index in [9.17, 15) is 8.42 Å². The van der Waals surface area contributed by atoms with Crippen LogP contribution in [0.5, 0.6) is 0 Å². The Morgan fingerprint density at radius 2 is 1.86 bits per heavy atom. The Kier molecular flexibility index (Phi) is 4.70. The van der Waals surface area contributed by atoms with Crippen molar-refractivity contribution < 1.29 is 8.42 Å². The van der Waals surface area contributed by atoms with Gasteiger partial charge in [-0.3, -0.25) is 5.10 Å². The molecule has 1 aromatic heterocycles. The third-order valence-corrected chi connectivity index (χ3v) is 5.06. The molecule has 0 bridgehead atoms. The summed E-state index contributed by atoms with van der Waals surface area (Å²) in [5.74, 6) is 0.0909. The summed E-state index contributed by atoms with van der Waals surface area (Å²) in [6.07, 6.45) is 1.32. The van der Waals surface area contributed by atoms with Crippen LogP contribution in [0.3, 0.4) is 0 Å². The van der Waals surface area contributed by atoms with Crippen LogP contribution in [0, 0.1) is 12.8 Å². The highest BCUT2D eigenvalue weighted by molar-refractivity contribution is 7.89. The predicted molar refractivity (Wildman–Crippen MR) is 82.7 cm³/mol. The van der Waals surface area contributed by atoms with Crippen molar-refractivity contribution >= 4 is 21.6 Å². The van der Waals surface area contributed by atoms with Crippen LogP contribution in [0.1, 0.15) is 31.1 Å². The van der Waals surface area contributed by atoms with Crippen LogP contribution in [0.4, 0.5) is 0 Å². The molecule has 21 heavy (non-hydrogen) atoms. The third kappa shape index (κ3) is 3.64. The van der Waals surface area contributed by atoms with Gasteiger partial charge in [0, 0.05) is 11.1 Å². The molecule has 2 aromatic rings. The van der Waals surface area contributed by atoms with Crippen molar-refractivity contribution in [1.82, 2.24) is 14.9 Å². The standard InChI is InChI=1S/C14H18ClN3O2S/c1-9(2)14(11-4-6-12(15)7-5-11)18-21(19,20)13-8-16-17-10(13)3/h4-9,14,18H,1-3H3,(H,16,17). The summed E-state index contributed by atoms with van der Waals surface area (Å²) < 4.78 is 27.7. The van der Waals surface area contributed by atoms with E-state index >= 15 is 0 Å². The van der Waals surface area contributed by atoms with Crippen molar-refractivity contribution in [3.63, 3.8) is 0 Å². The normalized spacial score (nSPS) is 13.6. The number of H-pyrrole nitrogens is 1. The first kappa shape index (κ1) is 16.0. The molecule has 0 aliphatic heterocycles. The van der Waals surface area contributed by atoms with Gasteiger partial charge in [-0.05, 0) is 30.5 Å². The smallest absolute Gasteiger partial charge is 0.244 e. The van der Waals surface area contributed by atoms with Crippen LogP contribution in [0.2, 0.25) is 5.02 Å². The molecule has 0 saturated carbocycles. The quantitative estimate of drug-likeness (QED) is 0.886. The fraction of sp³-hybridized carbons (Fsp3) is 0.357. The molecule has 1 unspecified atom stereocenters. The summed E-state index contributed by atoms with van der Waals surface area (Å²) in [7, 11) is -3.63. The van der Waals surface area contributed by atoms with E-state index in [0.717, 1.165) is 5.56 Å². The van der Waals surface area contributed by atoms with Crippen molar-refractivity contribution in [1.29, 1.82) is 0 Å². The lowest BCUT2D eigenvalue weighted by atomic mass is 9.97. The van der Waals surface area contributed by atoms with E-state index in [2.05, 4.69) is 14.9 Å². The number of halogens is 1. The first-order chi connectivity index (χ1) is 9.81. The number of aromatic nitrogens is 2. The maximum absolute atomic E-state index is 12.5. The number of hydrogen-bond donors (Lipinski definition) is 2. The molecule has 0 radical (unpaired) electrons. The fourth-order valence-electron chi connectivity index (χ4n) is 2.10. The molecule has 1 aromatic carbocycles. The lowest BCUT2D eigenvalue weighted by Gasteiger charge is -2.22. The molecule has 1 heterocycles. The molecular weight excluding hydrogens is 310 g/mol. The average molecular weight is 328 g/mol. The van der Waals surface area contributed by atoms with Crippen molar-refractivity contribution in [3.8, 4) is 0 Å². The molecule has 5 nitrogen and oxygen atoms in total. The summed E-state index contributed by atoms with van der Waals surface area (Å²) in [5, 5.41) is 7.02. The number of benzene rings is 1. The Balaban J connectivity index is 2.33. The fourth-order valence-corrected chi connectivity index (χ4v) is 3.74. The Labute approximate surface area is 129 Å². The second kappa shape index (κ2) is 6.17. The summed E-state index contributed by atoms with van der Waals surface area (Å²) in [6.45, 7) is 5.60. The van der Waals surface area contributed by atoms with Gasteiger partial charge >= 0.3 is 0 Å². The molecule has 0 aliphatic rings. The van der Waals surface area contributed by atoms with Gasteiger partial charge in [-0.15, -0.1) is 0 Å². The zero-order chi connectivity index (χ0) is 15.6. The minimum atomic E-state index is -3.63. The Hall–Kier alpha value is -1.37. The number of sulfonamides is 1. The van der Waals surface area contributed by atoms with Gasteiger partial charge < -0.3 is 0 Å². The maximum atomic E-state index is 12.5. The van der Waals surface area contributed by atoms with Crippen LogP contribution in [-0.2, 0) is 10.0 Å². The molecule has 2 N–H and O–H groups in total. The predicted octanol–water partition coefficient (Wildman–Crippen LogP) is 3.05. The number of nitrogens with zero attached hydrogens (tertiary/aromatic N) is 1. The zero-order valence-electron chi connectivity index (χ0n) is 12.1. The Morgan fingerprint density at radius 1 is 1.24 bits per heavy atom. The van der Waals surface area contributed by atoms with Crippen molar-refractivity contribution in [2.75, 3.05) is 0 Å². The molecule has 0 fully saturated rings. The summed E-state index contributed by atoms with van der Waals surface area (Å²) in [5.41, 5.74) is 1.39. The van der Waals surface area contributed by atoms with E-state index in [4.69, 9.17) is 11.6 Å². The summed E-state index contributed by atoms with van der Waals surface area (Å²) >= 11 is 5.88. The van der Waals surface area contributed by atoms with Crippen LogP contribution >= 0.6 is 11.6 Å². The van der Waals surface area contributed by atoms with Gasteiger partial charge in [0.15, 0.2) is 0 Å². The lowest BCUT2D eigenvalue weighted by molar-refractivity contribution is 0.463. The summed E-state index contributed by atoms with van der Waals surface area (Å²) in [4.78, 5) is 0.169. The van der Waals surface area contributed by atoms with Gasteiger partial charge in [0.25, 0.3) is 0 Å². The SMILES string of the molecule is Cc1[nH]ncc1S(=O)(=O)NC(c1ccc(Cl)cc1)C(C)C. The highest BCUT2D eigenvalue weighted by atomic mass is 35.5.